The predicted octanol–water partition coefficient (Wildman–Crippen LogP) is 3.59. The number of hydrogen-bond acceptors (Lipinski definition) is 4. The maximum absolute atomic E-state index is 13.2. The van der Waals surface area contributed by atoms with Gasteiger partial charge in [0.25, 0.3) is 11.1 Å². The van der Waals surface area contributed by atoms with E-state index >= 15 is 0 Å². The van der Waals surface area contributed by atoms with E-state index in [4.69, 9.17) is 0 Å². The maximum Gasteiger partial charge on any atom is 0.282 e. The van der Waals surface area contributed by atoms with Gasteiger partial charge >= 0.3 is 0 Å². The zero-order chi connectivity index (χ0) is 20.1. The van der Waals surface area contributed by atoms with E-state index in [1.54, 1.807) is 19.1 Å². The topological polar surface area (TPSA) is 72.7 Å². The first kappa shape index (κ1) is 17.6. The van der Waals surface area contributed by atoms with Crippen molar-refractivity contribution in [1.29, 1.82) is 0 Å². The van der Waals surface area contributed by atoms with Crippen LogP contribution < -0.4 is 11.1 Å². The highest BCUT2D eigenvalue weighted by Gasteiger charge is 2.17. The molecule has 6 nitrogen and oxygen atoms in total. The zero-order valence-corrected chi connectivity index (χ0v) is 16.2. The van der Waals surface area contributed by atoms with Crippen LogP contribution in [0.5, 0.6) is 0 Å². The van der Waals surface area contributed by atoms with Crippen molar-refractivity contribution >= 4 is 32.5 Å². The second kappa shape index (κ2) is 6.52. The van der Waals surface area contributed by atoms with Crippen LogP contribution >= 0.6 is 11.3 Å². The Morgan fingerprint density at radius 2 is 1.86 bits per heavy atom. The molecule has 0 amide bonds. The van der Waals surface area contributed by atoms with Crippen LogP contribution in [0.2, 0.25) is 0 Å². The number of fused-ring (bicyclic) bond motifs is 2. The van der Waals surface area contributed by atoms with Gasteiger partial charge in [0.2, 0.25) is 5.13 Å². The molecular formula is C21H15FN4O2S. The first-order valence-electron chi connectivity index (χ1n) is 8.97. The lowest BCUT2D eigenvalue weighted by atomic mass is 10.2. The third kappa shape index (κ3) is 2.89. The van der Waals surface area contributed by atoms with Gasteiger partial charge in [0, 0.05) is 11.8 Å². The Balaban J connectivity index is 1.67. The van der Waals surface area contributed by atoms with Gasteiger partial charge in [-0.05, 0) is 36.8 Å². The van der Waals surface area contributed by atoms with Crippen LogP contribution in [0.15, 0.2) is 64.2 Å². The van der Waals surface area contributed by atoms with E-state index in [-0.39, 0.29) is 23.5 Å². The lowest BCUT2D eigenvalue weighted by molar-refractivity contribution is 0.626. The minimum absolute atomic E-state index is 0.239. The summed E-state index contributed by atoms with van der Waals surface area (Å²) >= 11 is 1.40. The van der Waals surface area contributed by atoms with Gasteiger partial charge in [-0.3, -0.25) is 14.7 Å². The number of aromatic nitrogens is 4. The van der Waals surface area contributed by atoms with Crippen molar-refractivity contribution in [2.24, 2.45) is 0 Å². The number of thiazole rings is 1. The fraction of sp³-hybridized carbons (Fsp3) is 0.0952. The molecule has 0 aliphatic heterocycles. The predicted molar refractivity (Wildman–Crippen MR) is 112 cm³/mol. The molecule has 0 fully saturated rings. The number of nitrogens with one attached hydrogen (secondary N) is 1. The minimum Gasteiger partial charge on any atom is -0.308 e. The average molecular weight is 406 g/mol. The second-order valence-corrected chi connectivity index (χ2v) is 7.79. The van der Waals surface area contributed by atoms with E-state index in [2.05, 4.69) is 10.1 Å². The van der Waals surface area contributed by atoms with Crippen molar-refractivity contribution in [3.8, 4) is 5.13 Å². The summed E-state index contributed by atoms with van der Waals surface area (Å²) in [6.07, 6.45) is 0. The maximum atomic E-state index is 13.2. The summed E-state index contributed by atoms with van der Waals surface area (Å²) < 4.78 is 17.0. The summed E-state index contributed by atoms with van der Waals surface area (Å²) in [6, 6.07) is 15.0. The number of H-pyrrole nitrogens is 1. The van der Waals surface area contributed by atoms with Crippen molar-refractivity contribution in [2.45, 2.75) is 13.5 Å². The van der Waals surface area contributed by atoms with Gasteiger partial charge in [-0.2, -0.15) is 4.68 Å². The Morgan fingerprint density at radius 3 is 2.62 bits per heavy atom. The van der Waals surface area contributed by atoms with E-state index < -0.39 is 0 Å². The molecule has 0 radical (unpaired) electrons. The lowest BCUT2D eigenvalue weighted by Gasteiger charge is -2.10. The molecule has 144 valence electrons. The summed E-state index contributed by atoms with van der Waals surface area (Å²) in [6.45, 7) is 2.00. The molecule has 0 aliphatic rings. The Kier molecular flexibility index (Phi) is 3.95. The highest BCUT2D eigenvalue weighted by atomic mass is 32.1. The molecule has 3 aromatic heterocycles. The monoisotopic (exact) mass is 406 g/mol. The number of hydrogen-bond donors (Lipinski definition) is 1. The number of aromatic amines is 1. The molecule has 0 bridgehead atoms. The van der Waals surface area contributed by atoms with Gasteiger partial charge in [0.1, 0.15) is 5.82 Å². The molecule has 0 saturated heterocycles. The smallest absolute Gasteiger partial charge is 0.282 e. The summed E-state index contributed by atoms with van der Waals surface area (Å²) in [5.41, 5.74) is 2.11. The standard InChI is InChI=1S/C21H15FN4O2S/c1-12-19-16(10-18(27)25(12)11-13-6-8-14(22)9-7-13)24-26(20(19)28)21-23-15-4-2-3-5-17(15)29-21/h2-10,24H,11H2,1H3. The van der Waals surface area contributed by atoms with E-state index in [0.717, 1.165) is 15.8 Å². The molecule has 8 heteroatoms. The number of pyridine rings is 1. The number of para-hydroxylation sites is 1. The molecule has 0 atom stereocenters. The number of nitrogens with zero attached hydrogens (tertiary/aromatic N) is 3. The van der Waals surface area contributed by atoms with Crippen molar-refractivity contribution < 1.29 is 4.39 Å². The SMILES string of the molecule is Cc1c2c(=O)n(-c3nc4ccccc4s3)[nH]c2cc(=O)n1Cc1ccc(F)cc1. The van der Waals surface area contributed by atoms with Gasteiger partial charge in [0.05, 0.1) is 27.7 Å². The Bertz CT molecular complexity index is 1460. The zero-order valence-electron chi connectivity index (χ0n) is 15.3. The first-order valence-corrected chi connectivity index (χ1v) is 9.78. The fourth-order valence-corrected chi connectivity index (χ4v) is 4.39. The van der Waals surface area contributed by atoms with Crippen LogP contribution in [0.3, 0.4) is 0 Å². The molecule has 0 saturated carbocycles. The summed E-state index contributed by atoms with van der Waals surface area (Å²) in [5.74, 6) is -0.336. The Hall–Kier alpha value is -3.52. The lowest BCUT2D eigenvalue weighted by Crippen LogP contribution is -2.23. The second-order valence-electron chi connectivity index (χ2n) is 6.79. The molecule has 0 spiro atoms. The normalized spacial score (nSPS) is 11.5. The Morgan fingerprint density at radius 1 is 1.10 bits per heavy atom. The van der Waals surface area contributed by atoms with E-state index in [0.29, 0.717) is 21.7 Å². The largest absolute Gasteiger partial charge is 0.308 e. The van der Waals surface area contributed by atoms with Crippen molar-refractivity contribution in [1.82, 2.24) is 19.3 Å². The summed E-state index contributed by atoms with van der Waals surface area (Å²) in [4.78, 5) is 30.3. The van der Waals surface area contributed by atoms with Gasteiger partial charge in [-0.15, -0.1) is 0 Å². The first-order chi connectivity index (χ1) is 14.0. The van der Waals surface area contributed by atoms with E-state index in [1.807, 2.05) is 24.3 Å². The van der Waals surface area contributed by atoms with E-state index in [9.17, 15) is 14.0 Å². The van der Waals surface area contributed by atoms with Crippen LogP contribution in [-0.2, 0) is 6.54 Å². The summed E-state index contributed by atoms with van der Waals surface area (Å²) in [5, 5.41) is 3.96. The van der Waals surface area contributed by atoms with Crippen LogP contribution in [0.4, 0.5) is 4.39 Å². The molecule has 29 heavy (non-hydrogen) atoms. The van der Waals surface area contributed by atoms with Crippen molar-refractivity contribution in [3.63, 3.8) is 0 Å². The third-order valence-corrected chi connectivity index (χ3v) is 5.97. The number of aryl methyl sites for hydroxylation is 1. The molecule has 1 N–H and O–H groups in total. The number of halogens is 1. The van der Waals surface area contributed by atoms with Crippen LogP contribution in [-0.4, -0.2) is 19.3 Å². The van der Waals surface area contributed by atoms with Crippen molar-refractivity contribution in [2.75, 3.05) is 0 Å². The van der Waals surface area contributed by atoms with E-state index in [1.165, 1.54) is 38.8 Å². The minimum atomic E-state index is -0.336. The molecule has 0 aliphatic carbocycles. The highest BCUT2D eigenvalue weighted by molar-refractivity contribution is 7.20. The molecule has 5 rings (SSSR count). The van der Waals surface area contributed by atoms with Crippen molar-refractivity contribution in [3.05, 3.63) is 92.4 Å². The Labute approximate surface area is 167 Å². The van der Waals surface area contributed by atoms with Gasteiger partial charge in [-0.1, -0.05) is 35.6 Å². The van der Waals surface area contributed by atoms with Crippen LogP contribution in [0.1, 0.15) is 11.3 Å². The average Bonchev–Trinajstić information content (AvgIpc) is 3.27. The van der Waals surface area contributed by atoms with Gasteiger partial charge in [0.15, 0.2) is 0 Å². The van der Waals surface area contributed by atoms with Gasteiger partial charge in [-0.25, -0.2) is 9.37 Å². The number of benzene rings is 2. The summed E-state index contributed by atoms with van der Waals surface area (Å²) in [7, 11) is 0. The molecule has 2 aromatic carbocycles. The number of rotatable bonds is 3. The fourth-order valence-electron chi connectivity index (χ4n) is 3.47. The molecular weight excluding hydrogens is 391 g/mol. The third-order valence-electron chi connectivity index (χ3n) is 4.95. The quantitative estimate of drug-likeness (QED) is 0.498. The molecule has 3 heterocycles. The van der Waals surface area contributed by atoms with Gasteiger partial charge < -0.3 is 4.57 Å². The molecule has 5 aromatic rings. The van der Waals surface area contributed by atoms with Crippen LogP contribution in [0, 0.1) is 12.7 Å². The molecule has 0 unspecified atom stereocenters. The highest BCUT2D eigenvalue weighted by Crippen LogP contribution is 2.24. The van der Waals surface area contributed by atoms with Crippen LogP contribution in [0.25, 0.3) is 26.3 Å².